The zero-order chi connectivity index (χ0) is 16.8. The molecule has 0 aromatic heterocycles. The van der Waals surface area contributed by atoms with E-state index in [1.54, 1.807) is 49.6 Å². The number of benzene rings is 2. The number of carboxylic acids is 1. The number of aliphatic carboxylic acids is 1. The van der Waals surface area contributed by atoms with Crippen LogP contribution in [-0.4, -0.2) is 13.1 Å². The molecule has 0 aliphatic heterocycles. The molecule has 0 heterocycles. The number of aryl methyl sites for hydroxylation is 1. The summed E-state index contributed by atoms with van der Waals surface area (Å²) in [5.41, 5.74) is 2.63. The van der Waals surface area contributed by atoms with Crippen molar-refractivity contribution in [3.05, 3.63) is 59.2 Å². The highest BCUT2D eigenvalue weighted by molar-refractivity contribution is 5.77. The van der Waals surface area contributed by atoms with Crippen LogP contribution in [0.4, 0.5) is 5.69 Å². The van der Waals surface area contributed by atoms with E-state index in [2.05, 4.69) is 5.32 Å². The largest absolute Gasteiger partial charge is 0.548 e. The van der Waals surface area contributed by atoms with E-state index in [-0.39, 0.29) is 0 Å². The molecule has 5 heteroatoms. The maximum atomic E-state index is 11.5. The molecule has 0 amide bonds. The minimum Gasteiger partial charge on any atom is -0.548 e. The zero-order valence-electron chi connectivity index (χ0n) is 13.0. The molecule has 0 saturated carbocycles. The molecule has 118 valence electrons. The van der Waals surface area contributed by atoms with Gasteiger partial charge in [0.15, 0.2) is 0 Å². The minimum absolute atomic E-state index is 0.512. The van der Waals surface area contributed by atoms with Crippen molar-refractivity contribution in [2.75, 3.05) is 12.4 Å². The second-order valence-corrected chi connectivity index (χ2v) is 5.01. The molecule has 0 aliphatic rings. The van der Waals surface area contributed by atoms with Crippen molar-refractivity contribution in [2.24, 2.45) is 0 Å². The van der Waals surface area contributed by atoms with Gasteiger partial charge in [-0.15, -0.1) is 0 Å². The maximum Gasteiger partial charge on any atom is 0.122 e. The van der Waals surface area contributed by atoms with Crippen molar-refractivity contribution in [1.29, 1.82) is 5.26 Å². The summed E-state index contributed by atoms with van der Waals surface area (Å²) >= 11 is 0. The topological polar surface area (TPSA) is 85.2 Å². The molecule has 0 radical (unpaired) electrons. The fourth-order valence-electron chi connectivity index (χ4n) is 2.34. The number of nitrogens with zero attached hydrogens (tertiary/aromatic N) is 1. The van der Waals surface area contributed by atoms with E-state index < -0.39 is 12.0 Å². The zero-order valence-corrected chi connectivity index (χ0v) is 13.0. The molecule has 1 atom stereocenters. The van der Waals surface area contributed by atoms with Gasteiger partial charge < -0.3 is 20.0 Å². The summed E-state index contributed by atoms with van der Waals surface area (Å²) in [7, 11) is 1.58. The third kappa shape index (κ3) is 3.80. The lowest BCUT2D eigenvalue weighted by Gasteiger charge is -2.22. The van der Waals surface area contributed by atoms with Crippen LogP contribution in [0, 0.1) is 11.3 Å². The smallest absolute Gasteiger partial charge is 0.122 e. The van der Waals surface area contributed by atoms with Crippen molar-refractivity contribution in [3.8, 4) is 11.8 Å². The van der Waals surface area contributed by atoms with Gasteiger partial charge in [0, 0.05) is 5.69 Å². The van der Waals surface area contributed by atoms with Crippen LogP contribution >= 0.6 is 0 Å². The third-order valence-electron chi connectivity index (χ3n) is 3.58. The predicted octanol–water partition coefficient (Wildman–Crippen LogP) is 2.03. The lowest BCUT2D eigenvalue weighted by Crippen LogP contribution is -2.34. The van der Waals surface area contributed by atoms with Gasteiger partial charge in [0.05, 0.1) is 30.8 Å². The summed E-state index contributed by atoms with van der Waals surface area (Å²) < 4.78 is 5.26. The molecule has 0 bridgehead atoms. The average Bonchev–Trinajstić information content (AvgIpc) is 2.59. The fourth-order valence-corrected chi connectivity index (χ4v) is 2.34. The molecule has 23 heavy (non-hydrogen) atoms. The van der Waals surface area contributed by atoms with Crippen LogP contribution in [-0.2, 0) is 11.2 Å². The highest BCUT2D eigenvalue weighted by Gasteiger charge is 2.15. The standard InChI is InChI=1S/C18H18N2O3/c1-3-13-10-14(6-9-16(13)23-2)17(18(21)22)20-15-7-4-12(11-19)5-8-15/h4-10,17,20H,3H2,1-2H3,(H,21,22)/p-1. The Bertz CT molecular complexity index is 733. The van der Waals surface area contributed by atoms with Crippen LogP contribution < -0.4 is 15.2 Å². The van der Waals surface area contributed by atoms with Crippen LogP contribution in [0.3, 0.4) is 0 Å². The first-order valence-corrected chi connectivity index (χ1v) is 7.23. The fraction of sp³-hybridized carbons (Fsp3) is 0.222. The van der Waals surface area contributed by atoms with Crippen molar-refractivity contribution < 1.29 is 14.6 Å². The van der Waals surface area contributed by atoms with Gasteiger partial charge >= 0.3 is 0 Å². The molecule has 2 aromatic rings. The molecule has 2 aromatic carbocycles. The number of hydrogen-bond donors (Lipinski definition) is 1. The van der Waals surface area contributed by atoms with Crippen molar-refractivity contribution in [3.63, 3.8) is 0 Å². The van der Waals surface area contributed by atoms with Gasteiger partial charge in [-0.25, -0.2) is 0 Å². The van der Waals surface area contributed by atoms with E-state index in [0.29, 0.717) is 16.8 Å². The van der Waals surface area contributed by atoms with E-state index in [1.807, 2.05) is 13.0 Å². The molecule has 1 unspecified atom stereocenters. The summed E-state index contributed by atoms with van der Waals surface area (Å²) in [6.45, 7) is 1.98. The number of ether oxygens (including phenoxy) is 1. The number of hydrogen-bond acceptors (Lipinski definition) is 5. The van der Waals surface area contributed by atoms with Gasteiger partial charge in [0.2, 0.25) is 0 Å². The Kier molecular flexibility index (Phi) is 5.21. The number of nitrogens with one attached hydrogen (secondary N) is 1. The number of nitriles is 1. The minimum atomic E-state index is -1.22. The molecule has 0 spiro atoms. The Labute approximate surface area is 135 Å². The van der Waals surface area contributed by atoms with Crippen LogP contribution in [0.5, 0.6) is 5.75 Å². The van der Waals surface area contributed by atoms with Crippen molar-refractivity contribution in [2.45, 2.75) is 19.4 Å². The van der Waals surface area contributed by atoms with Gasteiger partial charge in [0.25, 0.3) is 0 Å². The van der Waals surface area contributed by atoms with Crippen LogP contribution in [0.2, 0.25) is 0 Å². The van der Waals surface area contributed by atoms with Crippen LogP contribution in [0.1, 0.15) is 29.7 Å². The van der Waals surface area contributed by atoms with Crippen LogP contribution in [0.15, 0.2) is 42.5 Å². The molecule has 0 fully saturated rings. The number of methoxy groups -OCH3 is 1. The average molecular weight is 309 g/mol. The number of carboxylic acid groups (broad SMARTS) is 1. The second kappa shape index (κ2) is 7.32. The monoisotopic (exact) mass is 309 g/mol. The summed E-state index contributed by atoms with van der Waals surface area (Å²) in [5.74, 6) is -0.492. The summed E-state index contributed by atoms with van der Waals surface area (Å²) in [6.07, 6.45) is 0.730. The van der Waals surface area contributed by atoms with Gasteiger partial charge in [-0.3, -0.25) is 0 Å². The Morgan fingerprint density at radius 3 is 2.52 bits per heavy atom. The maximum absolute atomic E-state index is 11.5. The molecule has 1 N–H and O–H groups in total. The summed E-state index contributed by atoms with van der Waals surface area (Å²) in [4.78, 5) is 11.5. The first-order valence-electron chi connectivity index (χ1n) is 7.23. The molecule has 2 rings (SSSR count). The number of rotatable bonds is 6. The van der Waals surface area contributed by atoms with E-state index in [4.69, 9.17) is 10.00 Å². The highest BCUT2D eigenvalue weighted by Crippen LogP contribution is 2.26. The van der Waals surface area contributed by atoms with Crippen LogP contribution in [0.25, 0.3) is 0 Å². The predicted molar refractivity (Wildman–Crippen MR) is 84.9 cm³/mol. The molecule has 5 nitrogen and oxygen atoms in total. The first-order chi connectivity index (χ1) is 11.1. The number of carbonyl (C=O) groups excluding carboxylic acids is 1. The first kappa shape index (κ1) is 16.4. The summed E-state index contributed by atoms with van der Waals surface area (Å²) in [5, 5.41) is 23.2. The van der Waals surface area contributed by atoms with Crippen molar-refractivity contribution in [1.82, 2.24) is 0 Å². The molecule has 0 aliphatic carbocycles. The van der Waals surface area contributed by atoms with E-state index in [9.17, 15) is 9.90 Å². The van der Waals surface area contributed by atoms with E-state index in [1.165, 1.54) is 0 Å². The number of anilines is 1. The van der Waals surface area contributed by atoms with Gasteiger partial charge in [-0.2, -0.15) is 5.26 Å². The van der Waals surface area contributed by atoms with E-state index >= 15 is 0 Å². The Balaban J connectivity index is 2.31. The lowest BCUT2D eigenvalue weighted by molar-refractivity contribution is -0.307. The quantitative estimate of drug-likeness (QED) is 0.882. The highest BCUT2D eigenvalue weighted by atomic mass is 16.5. The van der Waals surface area contributed by atoms with Gasteiger partial charge in [-0.05, 0) is 53.9 Å². The SMILES string of the molecule is CCc1cc(C(Nc2ccc(C#N)cc2)C(=O)[O-])ccc1OC. The van der Waals surface area contributed by atoms with Gasteiger partial charge in [0.1, 0.15) is 5.75 Å². The summed E-state index contributed by atoms with van der Waals surface area (Å²) in [6, 6.07) is 12.9. The third-order valence-corrected chi connectivity index (χ3v) is 3.58. The molecular weight excluding hydrogens is 292 g/mol. The Morgan fingerprint density at radius 1 is 1.30 bits per heavy atom. The lowest BCUT2D eigenvalue weighted by atomic mass is 10.0. The normalized spacial score (nSPS) is 11.3. The second-order valence-electron chi connectivity index (χ2n) is 5.01. The van der Waals surface area contributed by atoms with Crippen molar-refractivity contribution >= 4 is 11.7 Å². The van der Waals surface area contributed by atoms with Gasteiger partial charge in [-0.1, -0.05) is 13.0 Å². The Hall–Kier alpha value is -3.00. The van der Waals surface area contributed by atoms with E-state index in [0.717, 1.165) is 17.7 Å². The molecule has 0 saturated heterocycles. The number of carbonyl (C=O) groups is 1. The molecular formula is C18H17N2O3-. The Morgan fingerprint density at radius 2 is 2.00 bits per heavy atom.